The maximum atomic E-state index is 5.89. The molecule has 0 amide bonds. The molecule has 20 heavy (non-hydrogen) atoms. The molecule has 2 rings (SSSR count). The Bertz CT molecular complexity index is 638. The maximum absolute atomic E-state index is 5.89. The largest absolute Gasteiger partial charge is 0.399 e. The molecule has 7 N–H and O–H groups in total. The molecule has 0 heterocycles. The summed E-state index contributed by atoms with van der Waals surface area (Å²) in [5.41, 5.74) is 21.0. The van der Waals surface area contributed by atoms with E-state index in [2.05, 4.69) is 5.32 Å². The summed E-state index contributed by atoms with van der Waals surface area (Å²) < 4.78 is 0. The minimum absolute atomic E-state index is 0.470. The number of anilines is 4. The predicted octanol–water partition coefficient (Wildman–Crippen LogP) is 3.21. The van der Waals surface area contributed by atoms with Gasteiger partial charge in [0.2, 0.25) is 0 Å². The maximum Gasteiger partial charge on any atom is 0.0656 e. The number of halogens is 1. The molecular formula is C15H17ClN4. The van der Waals surface area contributed by atoms with E-state index < -0.39 is 0 Å². The van der Waals surface area contributed by atoms with Gasteiger partial charge in [0, 0.05) is 23.6 Å². The zero-order valence-corrected chi connectivity index (χ0v) is 11.7. The van der Waals surface area contributed by atoms with Crippen molar-refractivity contribution in [3.8, 4) is 0 Å². The fraction of sp³-hybridized carbons (Fsp3) is 0.0667. The van der Waals surface area contributed by atoms with E-state index in [1.54, 1.807) is 12.1 Å². The van der Waals surface area contributed by atoms with Crippen LogP contribution in [-0.4, -0.2) is 6.54 Å². The van der Waals surface area contributed by atoms with Gasteiger partial charge in [0.25, 0.3) is 0 Å². The van der Waals surface area contributed by atoms with E-state index in [4.69, 9.17) is 28.8 Å². The van der Waals surface area contributed by atoms with E-state index in [0.29, 0.717) is 22.9 Å². The van der Waals surface area contributed by atoms with Gasteiger partial charge in [-0.25, -0.2) is 0 Å². The predicted molar refractivity (Wildman–Crippen MR) is 88.7 cm³/mol. The van der Waals surface area contributed by atoms with E-state index in [1.807, 2.05) is 36.4 Å². The first-order valence-corrected chi connectivity index (χ1v) is 6.54. The molecule has 0 aliphatic carbocycles. The molecule has 0 aliphatic rings. The van der Waals surface area contributed by atoms with Gasteiger partial charge < -0.3 is 22.5 Å². The summed E-state index contributed by atoms with van der Waals surface area (Å²) in [5, 5.41) is 3.71. The molecule has 0 saturated heterocycles. The zero-order chi connectivity index (χ0) is 14.5. The standard InChI is InChI=1S/C15H17ClN4/c16-13-9-14(18)10(7-15(13)19)3-2-6-20-12-5-1-4-11(17)8-12/h1-5,7-9,20H,6,17-19H2/b3-2+. The first-order valence-electron chi connectivity index (χ1n) is 6.16. The number of benzene rings is 2. The Hall–Kier alpha value is -2.33. The van der Waals surface area contributed by atoms with E-state index in [-0.39, 0.29) is 0 Å². The Morgan fingerprint density at radius 1 is 1.05 bits per heavy atom. The molecule has 5 heteroatoms. The quantitative estimate of drug-likeness (QED) is 0.650. The SMILES string of the molecule is Nc1cccc(NC/C=C/c2cc(N)c(Cl)cc2N)c1. The molecular weight excluding hydrogens is 272 g/mol. The molecule has 0 bridgehead atoms. The highest BCUT2D eigenvalue weighted by Gasteiger charge is 2.01. The fourth-order valence-electron chi connectivity index (χ4n) is 1.78. The van der Waals surface area contributed by atoms with Crippen LogP contribution in [0.4, 0.5) is 22.7 Å². The molecule has 0 radical (unpaired) electrons. The van der Waals surface area contributed by atoms with Gasteiger partial charge in [0.15, 0.2) is 0 Å². The summed E-state index contributed by atoms with van der Waals surface area (Å²) in [6.07, 6.45) is 3.86. The third kappa shape index (κ3) is 3.59. The van der Waals surface area contributed by atoms with Gasteiger partial charge in [0.1, 0.15) is 0 Å². The molecule has 0 atom stereocenters. The van der Waals surface area contributed by atoms with Gasteiger partial charge in [-0.3, -0.25) is 0 Å². The van der Waals surface area contributed by atoms with Gasteiger partial charge in [0.05, 0.1) is 10.7 Å². The Labute approximate surface area is 123 Å². The van der Waals surface area contributed by atoms with Crippen molar-refractivity contribution in [1.82, 2.24) is 0 Å². The summed E-state index contributed by atoms with van der Waals surface area (Å²) in [6, 6.07) is 11.0. The monoisotopic (exact) mass is 288 g/mol. The van der Waals surface area contributed by atoms with Crippen molar-refractivity contribution >= 4 is 40.4 Å². The molecule has 0 spiro atoms. The molecule has 104 valence electrons. The Morgan fingerprint density at radius 3 is 2.60 bits per heavy atom. The molecule has 0 unspecified atom stereocenters. The summed E-state index contributed by atoms with van der Waals surface area (Å²) in [4.78, 5) is 0. The summed E-state index contributed by atoms with van der Waals surface area (Å²) >= 11 is 5.89. The minimum atomic E-state index is 0.470. The fourth-order valence-corrected chi connectivity index (χ4v) is 1.95. The van der Waals surface area contributed by atoms with Gasteiger partial charge in [-0.2, -0.15) is 0 Å². The third-order valence-corrected chi connectivity index (χ3v) is 3.14. The summed E-state index contributed by atoms with van der Waals surface area (Å²) in [6.45, 7) is 0.658. The molecule has 0 aromatic heterocycles. The van der Waals surface area contributed by atoms with Gasteiger partial charge in [-0.15, -0.1) is 0 Å². The first-order chi connectivity index (χ1) is 9.56. The second-order valence-corrected chi connectivity index (χ2v) is 4.82. The lowest BCUT2D eigenvalue weighted by Crippen LogP contribution is -1.99. The van der Waals surface area contributed by atoms with Crippen molar-refractivity contribution in [2.75, 3.05) is 29.1 Å². The van der Waals surface area contributed by atoms with E-state index in [0.717, 1.165) is 16.9 Å². The van der Waals surface area contributed by atoms with Crippen molar-refractivity contribution in [1.29, 1.82) is 0 Å². The highest BCUT2D eigenvalue weighted by atomic mass is 35.5. The molecule has 4 nitrogen and oxygen atoms in total. The Kier molecular flexibility index (Phi) is 4.38. The van der Waals surface area contributed by atoms with Crippen molar-refractivity contribution in [3.63, 3.8) is 0 Å². The second kappa shape index (κ2) is 6.21. The molecule has 2 aromatic rings. The van der Waals surface area contributed by atoms with Crippen molar-refractivity contribution in [2.24, 2.45) is 0 Å². The number of nitrogens with two attached hydrogens (primary N) is 3. The topological polar surface area (TPSA) is 90.1 Å². The normalized spacial score (nSPS) is 10.8. The molecule has 0 aliphatic heterocycles. The first kappa shape index (κ1) is 14.1. The van der Waals surface area contributed by atoms with Gasteiger partial charge in [-0.05, 0) is 35.9 Å². The Morgan fingerprint density at radius 2 is 1.85 bits per heavy atom. The van der Waals surface area contributed by atoms with Crippen LogP contribution in [0.5, 0.6) is 0 Å². The average Bonchev–Trinajstić information content (AvgIpc) is 2.40. The zero-order valence-electron chi connectivity index (χ0n) is 10.9. The van der Waals surface area contributed by atoms with Crippen LogP contribution in [-0.2, 0) is 0 Å². The second-order valence-electron chi connectivity index (χ2n) is 4.41. The van der Waals surface area contributed by atoms with E-state index in [1.165, 1.54) is 0 Å². The van der Waals surface area contributed by atoms with Crippen LogP contribution in [0.2, 0.25) is 5.02 Å². The van der Waals surface area contributed by atoms with Gasteiger partial charge in [-0.1, -0.05) is 29.8 Å². The lowest BCUT2D eigenvalue weighted by atomic mass is 10.1. The lowest BCUT2D eigenvalue weighted by molar-refractivity contribution is 1.34. The van der Waals surface area contributed by atoms with Crippen LogP contribution in [0.25, 0.3) is 6.08 Å². The number of nitrogen functional groups attached to an aromatic ring is 3. The van der Waals surface area contributed by atoms with Crippen LogP contribution >= 0.6 is 11.6 Å². The minimum Gasteiger partial charge on any atom is -0.399 e. The van der Waals surface area contributed by atoms with Crippen molar-refractivity contribution in [3.05, 3.63) is 53.1 Å². The smallest absolute Gasteiger partial charge is 0.0656 e. The summed E-state index contributed by atoms with van der Waals surface area (Å²) in [7, 11) is 0. The van der Waals surface area contributed by atoms with Gasteiger partial charge >= 0.3 is 0 Å². The number of rotatable bonds is 4. The van der Waals surface area contributed by atoms with Crippen molar-refractivity contribution < 1.29 is 0 Å². The average molecular weight is 289 g/mol. The van der Waals surface area contributed by atoms with E-state index in [9.17, 15) is 0 Å². The van der Waals surface area contributed by atoms with E-state index >= 15 is 0 Å². The van der Waals surface area contributed by atoms with Crippen LogP contribution < -0.4 is 22.5 Å². The molecule has 2 aromatic carbocycles. The number of hydrogen-bond donors (Lipinski definition) is 4. The Balaban J connectivity index is 1.99. The highest BCUT2D eigenvalue weighted by molar-refractivity contribution is 6.33. The third-order valence-electron chi connectivity index (χ3n) is 2.81. The van der Waals surface area contributed by atoms with Crippen molar-refractivity contribution in [2.45, 2.75) is 0 Å². The molecule has 0 saturated carbocycles. The van der Waals surface area contributed by atoms with Crippen LogP contribution in [0.3, 0.4) is 0 Å². The van der Waals surface area contributed by atoms with Crippen LogP contribution in [0, 0.1) is 0 Å². The number of hydrogen-bond acceptors (Lipinski definition) is 4. The summed E-state index contributed by atoms with van der Waals surface area (Å²) in [5.74, 6) is 0. The van der Waals surface area contributed by atoms with Crippen LogP contribution in [0.15, 0.2) is 42.5 Å². The number of nitrogens with one attached hydrogen (secondary N) is 1. The van der Waals surface area contributed by atoms with Crippen LogP contribution in [0.1, 0.15) is 5.56 Å². The lowest BCUT2D eigenvalue weighted by Gasteiger charge is -2.06. The highest BCUT2D eigenvalue weighted by Crippen LogP contribution is 2.26. The molecule has 0 fully saturated rings.